The average Bonchev–Trinajstić information content (AvgIpc) is 2.74. The molecular formula is C10H9BrCl2N4. The third-order valence-corrected chi connectivity index (χ3v) is 3.91. The Labute approximate surface area is 117 Å². The van der Waals surface area contributed by atoms with Crippen molar-refractivity contribution < 1.29 is 0 Å². The first-order valence-electron chi connectivity index (χ1n) is 5.04. The van der Waals surface area contributed by atoms with Crippen LogP contribution in [0.3, 0.4) is 0 Å². The molecule has 0 unspecified atom stereocenters. The van der Waals surface area contributed by atoms with Gasteiger partial charge in [-0.2, -0.15) is 5.10 Å². The lowest BCUT2D eigenvalue weighted by Gasteiger charge is -2.06. The first kappa shape index (κ1) is 12.8. The Morgan fingerprint density at radius 2 is 1.94 bits per heavy atom. The van der Waals surface area contributed by atoms with E-state index in [9.17, 15) is 0 Å². The molecule has 2 heterocycles. The normalized spacial score (nSPS) is 10.8. The molecule has 0 fully saturated rings. The molecule has 0 amide bonds. The van der Waals surface area contributed by atoms with Crippen molar-refractivity contribution >= 4 is 39.1 Å². The molecule has 0 aliphatic carbocycles. The van der Waals surface area contributed by atoms with E-state index in [1.54, 1.807) is 6.20 Å². The van der Waals surface area contributed by atoms with E-state index in [-0.39, 0.29) is 0 Å². The number of rotatable bonds is 3. The van der Waals surface area contributed by atoms with Crippen LogP contribution >= 0.6 is 39.1 Å². The topological polar surface area (TPSA) is 43.6 Å². The largest absolute Gasteiger partial charge is 0.262 e. The van der Waals surface area contributed by atoms with Gasteiger partial charge in [-0.15, -0.1) is 0 Å². The minimum atomic E-state index is 0.296. The Morgan fingerprint density at radius 1 is 1.29 bits per heavy atom. The molecule has 0 spiro atoms. The molecule has 0 saturated carbocycles. The maximum atomic E-state index is 5.95. The summed E-state index contributed by atoms with van der Waals surface area (Å²) >= 11 is 15.1. The summed E-state index contributed by atoms with van der Waals surface area (Å²) in [7, 11) is 0. The fourth-order valence-electron chi connectivity index (χ4n) is 1.42. The highest BCUT2D eigenvalue weighted by atomic mass is 79.9. The minimum absolute atomic E-state index is 0.296. The zero-order chi connectivity index (χ0) is 12.4. The summed E-state index contributed by atoms with van der Waals surface area (Å²) in [4.78, 5) is 8.36. The van der Waals surface area contributed by atoms with Crippen molar-refractivity contribution in [2.45, 2.75) is 19.9 Å². The van der Waals surface area contributed by atoms with Crippen LogP contribution in [-0.4, -0.2) is 19.7 Å². The molecule has 2 aromatic heterocycles. The highest BCUT2D eigenvalue weighted by Gasteiger charge is 2.13. The summed E-state index contributed by atoms with van der Waals surface area (Å²) in [6, 6.07) is 1.84. The first-order chi connectivity index (χ1) is 8.13. The quantitative estimate of drug-likeness (QED) is 0.801. The second-order valence-electron chi connectivity index (χ2n) is 3.38. The SMILES string of the molecule is CCCn1nccc1-c1nc(Cl)c(Br)c(Cl)n1. The Hall–Kier alpha value is -0.650. The van der Waals surface area contributed by atoms with Crippen LogP contribution in [0, 0.1) is 0 Å². The predicted octanol–water partition coefficient (Wildman–Crippen LogP) is 3.82. The molecular weight excluding hydrogens is 327 g/mol. The first-order valence-corrected chi connectivity index (χ1v) is 6.59. The molecule has 0 bridgehead atoms. The molecule has 0 saturated heterocycles. The zero-order valence-electron chi connectivity index (χ0n) is 8.99. The van der Waals surface area contributed by atoms with E-state index in [0.717, 1.165) is 18.7 Å². The number of hydrogen-bond donors (Lipinski definition) is 0. The molecule has 0 N–H and O–H groups in total. The lowest BCUT2D eigenvalue weighted by molar-refractivity contribution is 0.606. The van der Waals surface area contributed by atoms with Gasteiger partial charge >= 0.3 is 0 Å². The van der Waals surface area contributed by atoms with Crippen LogP contribution in [0.15, 0.2) is 16.7 Å². The van der Waals surface area contributed by atoms with Gasteiger partial charge in [0.25, 0.3) is 0 Å². The number of hydrogen-bond acceptors (Lipinski definition) is 3. The van der Waals surface area contributed by atoms with Gasteiger partial charge in [-0.1, -0.05) is 30.1 Å². The summed E-state index contributed by atoms with van der Waals surface area (Å²) < 4.78 is 2.33. The Bertz CT molecular complexity index is 518. The van der Waals surface area contributed by atoms with Crippen LogP contribution < -0.4 is 0 Å². The van der Waals surface area contributed by atoms with Gasteiger partial charge in [0.1, 0.15) is 16.0 Å². The molecule has 7 heteroatoms. The fourth-order valence-corrected chi connectivity index (χ4v) is 1.99. The molecule has 2 rings (SSSR count). The van der Waals surface area contributed by atoms with Crippen molar-refractivity contribution in [1.29, 1.82) is 0 Å². The monoisotopic (exact) mass is 334 g/mol. The predicted molar refractivity (Wildman–Crippen MR) is 71.3 cm³/mol. The van der Waals surface area contributed by atoms with E-state index in [1.807, 2.05) is 10.7 Å². The van der Waals surface area contributed by atoms with Crippen LogP contribution in [0.25, 0.3) is 11.5 Å². The average molecular weight is 336 g/mol. The van der Waals surface area contributed by atoms with E-state index in [4.69, 9.17) is 23.2 Å². The van der Waals surface area contributed by atoms with Crippen LogP contribution in [0.4, 0.5) is 0 Å². The Balaban J connectivity index is 2.49. The third-order valence-electron chi connectivity index (χ3n) is 2.15. The minimum Gasteiger partial charge on any atom is -0.262 e. The second-order valence-corrected chi connectivity index (χ2v) is 4.89. The molecule has 0 atom stereocenters. The van der Waals surface area contributed by atoms with Crippen molar-refractivity contribution in [1.82, 2.24) is 19.7 Å². The van der Waals surface area contributed by atoms with Gasteiger partial charge in [-0.25, -0.2) is 9.97 Å². The molecule has 2 aromatic rings. The number of aryl methyl sites for hydroxylation is 1. The molecule has 0 aromatic carbocycles. The standard InChI is InChI=1S/C10H9BrCl2N4/c1-2-5-17-6(3-4-14-17)10-15-8(12)7(11)9(13)16-10/h3-4H,2,5H2,1H3. The lowest BCUT2D eigenvalue weighted by atomic mass is 10.4. The van der Waals surface area contributed by atoms with Gasteiger partial charge < -0.3 is 0 Å². The van der Waals surface area contributed by atoms with Crippen molar-refractivity contribution in [3.8, 4) is 11.5 Å². The fraction of sp³-hybridized carbons (Fsp3) is 0.300. The second kappa shape index (κ2) is 5.33. The smallest absolute Gasteiger partial charge is 0.180 e. The highest BCUT2D eigenvalue weighted by molar-refractivity contribution is 9.10. The highest BCUT2D eigenvalue weighted by Crippen LogP contribution is 2.29. The van der Waals surface area contributed by atoms with E-state index < -0.39 is 0 Å². The maximum Gasteiger partial charge on any atom is 0.180 e. The third kappa shape index (κ3) is 2.61. The Kier molecular flexibility index (Phi) is 4.01. The van der Waals surface area contributed by atoms with Gasteiger partial charge in [-0.05, 0) is 28.4 Å². The van der Waals surface area contributed by atoms with E-state index >= 15 is 0 Å². The number of aromatic nitrogens is 4. The van der Waals surface area contributed by atoms with Crippen LogP contribution in [-0.2, 0) is 6.54 Å². The van der Waals surface area contributed by atoms with Crippen molar-refractivity contribution in [3.05, 3.63) is 27.0 Å². The Morgan fingerprint density at radius 3 is 2.53 bits per heavy atom. The molecule has 17 heavy (non-hydrogen) atoms. The van der Waals surface area contributed by atoms with Crippen molar-refractivity contribution in [2.24, 2.45) is 0 Å². The molecule has 0 radical (unpaired) electrons. The lowest BCUT2D eigenvalue weighted by Crippen LogP contribution is -2.03. The van der Waals surface area contributed by atoms with Crippen LogP contribution in [0.2, 0.25) is 10.3 Å². The van der Waals surface area contributed by atoms with E-state index in [0.29, 0.717) is 20.6 Å². The summed E-state index contributed by atoms with van der Waals surface area (Å²) in [6.07, 6.45) is 2.69. The van der Waals surface area contributed by atoms with E-state index in [2.05, 4.69) is 37.9 Å². The summed E-state index contributed by atoms with van der Waals surface area (Å²) in [6.45, 7) is 2.88. The molecule has 4 nitrogen and oxygen atoms in total. The number of halogens is 3. The molecule has 90 valence electrons. The van der Waals surface area contributed by atoms with Crippen molar-refractivity contribution in [3.63, 3.8) is 0 Å². The van der Waals surface area contributed by atoms with Crippen LogP contribution in [0.1, 0.15) is 13.3 Å². The van der Waals surface area contributed by atoms with Gasteiger partial charge in [0.15, 0.2) is 5.82 Å². The maximum absolute atomic E-state index is 5.95. The summed E-state index contributed by atoms with van der Waals surface area (Å²) in [5.41, 5.74) is 0.808. The summed E-state index contributed by atoms with van der Waals surface area (Å²) in [5.74, 6) is 0.481. The zero-order valence-corrected chi connectivity index (χ0v) is 12.1. The van der Waals surface area contributed by atoms with E-state index in [1.165, 1.54) is 0 Å². The van der Waals surface area contributed by atoms with Gasteiger partial charge in [0.2, 0.25) is 0 Å². The molecule has 0 aliphatic rings. The molecule has 0 aliphatic heterocycles. The van der Waals surface area contributed by atoms with Crippen LogP contribution in [0.5, 0.6) is 0 Å². The van der Waals surface area contributed by atoms with Gasteiger partial charge in [-0.3, -0.25) is 4.68 Å². The van der Waals surface area contributed by atoms with Crippen molar-refractivity contribution in [2.75, 3.05) is 0 Å². The number of nitrogens with zero attached hydrogens (tertiary/aromatic N) is 4. The van der Waals surface area contributed by atoms with Gasteiger partial charge in [0.05, 0.1) is 4.47 Å². The van der Waals surface area contributed by atoms with Gasteiger partial charge in [0, 0.05) is 12.7 Å². The summed E-state index contributed by atoms with van der Waals surface area (Å²) in [5, 5.41) is 4.79.